The summed E-state index contributed by atoms with van der Waals surface area (Å²) in [6.07, 6.45) is 7.65. The number of nitrogens with zero attached hydrogens (tertiary/aromatic N) is 1. The average molecular weight is 321 g/mol. The van der Waals surface area contributed by atoms with Crippen molar-refractivity contribution >= 4 is 11.9 Å². The van der Waals surface area contributed by atoms with Gasteiger partial charge in [0.15, 0.2) is 6.10 Å². The van der Waals surface area contributed by atoms with Gasteiger partial charge in [0.05, 0.1) is 0 Å². The lowest BCUT2D eigenvalue weighted by molar-refractivity contribution is -0.156. The van der Waals surface area contributed by atoms with Crippen molar-refractivity contribution in [2.45, 2.75) is 63.6 Å². The van der Waals surface area contributed by atoms with Gasteiger partial charge in [-0.15, -0.1) is 0 Å². The summed E-state index contributed by atoms with van der Waals surface area (Å²) < 4.78 is 5.44. The number of amides is 1. The Labute approximate surface area is 137 Å². The van der Waals surface area contributed by atoms with Gasteiger partial charge in [0.25, 0.3) is 5.91 Å². The van der Waals surface area contributed by atoms with Crippen molar-refractivity contribution in [3.8, 4) is 0 Å². The molecule has 0 aromatic heterocycles. The molecule has 1 N–H and O–H groups in total. The van der Waals surface area contributed by atoms with E-state index >= 15 is 0 Å². The Balaban J connectivity index is 1.39. The Morgan fingerprint density at radius 2 is 1.57 bits per heavy atom. The molecule has 5 rings (SSSR count). The van der Waals surface area contributed by atoms with E-state index in [-0.39, 0.29) is 5.91 Å². The van der Waals surface area contributed by atoms with Gasteiger partial charge in [0.1, 0.15) is 6.10 Å². The summed E-state index contributed by atoms with van der Waals surface area (Å²) in [6.45, 7) is 0.826. The molecule has 0 aromatic rings. The molecule has 0 unspecified atom stereocenters. The molecular formula is C18H27NO4. The molecule has 128 valence electrons. The first-order valence-electron chi connectivity index (χ1n) is 9.07. The SMILES string of the molecule is CN(CC12CC3CC(CC(C3)C1)C2)C(=O)[C@@H]1CC[C@H](C(=O)O)O1. The Kier molecular flexibility index (Phi) is 3.67. The number of hydrogen-bond donors (Lipinski definition) is 1. The molecule has 1 heterocycles. The van der Waals surface area contributed by atoms with E-state index in [0.717, 1.165) is 24.3 Å². The van der Waals surface area contributed by atoms with E-state index in [1.165, 1.54) is 38.5 Å². The van der Waals surface area contributed by atoms with Crippen LogP contribution in [0.2, 0.25) is 0 Å². The molecule has 0 spiro atoms. The number of ether oxygens (including phenoxy) is 1. The van der Waals surface area contributed by atoms with Crippen molar-refractivity contribution in [2.75, 3.05) is 13.6 Å². The second kappa shape index (κ2) is 5.47. The number of carbonyl (C=O) groups is 2. The number of carboxylic acid groups (broad SMARTS) is 1. The number of aliphatic carboxylic acids is 1. The minimum absolute atomic E-state index is 0.0236. The normalized spacial score (nSPS) is 44.5. The van der Waals surface area contributed by atoms with Crippen LogP contribution in [-0.4, -0.2) is 47.7 Å². The van der Waals surface area contributed by atoms with E-state index in [0.29, 0.717) is 18.3 Å². The molecule has 23 heavy (non-hydrogen) atoms. The average Bonchev–Trinajstić information content (AvgIpc) is 2.94. The van der Waals surface area contributed by atoms with Crippen LogP contribution >= 0.6 is 0 Å². The fourth-order valence-corrected chi connectivity index (χ4v) is 6.31. The predicted octanol–water partition coefficient (Wildman–Crippen LogP) is 2.29. The van der Waals surface area contributed by atoms with Crippen LogP contribution in [0.15, 0.2) is 0 Å². The van der Waals surface area contributed by atoms with E-state index in [2.05, 4.69) is 0 Å². The van der Waals surface area contributed by atoms with Crippen LogP contribution in [0.1, 0.15) is 51.4 Å². The van der Waals surface area contributed by atoms with Crippen LogP contribution in [0.5, 0.6) is 0 Å². The second-order valence-corrected chi connectivity index (χ2v) is 8.64. The summed E-state index contributed by atoms with van der Waals surface area (Å²) >= 11 is 0. The van der Waals surface area contributed by atoms with Gasteiger partial charge in [-0.25, -0.2) is 4.79 Å². The van der Waals surface area contributed by atoms with E-state index in [9.17, 15) is 9.59 Å². The number of hydrogen-bond acceptors (Lipinski definition) is 3. The van der Waals surface area contributed by atoms with Crippen LogP contribution in [-0.2, 0) is 14.3 Å². The molecule has 2 atom stereocenters. The van der Waals surface area contributed by atoms with Gasteiger partial charge in [-0.1, -0.05) is 0 Å². The van der Waals surface area contributed by atoms with Crippen molar-refractivity contribution in [2.24, 2.45) is 23.2 Å². The van der Waals surface area contributed by atoms with Crippen molar-refractivity contribution in [1.82, 2.24) is 4.90 Å². The third-order valence-electron chi connectivity index (χ3n) is 6.68. The Morgan fingerprint density at radius 1 is 1.04 bits per heavy atom. The van der Waals surface area contributed by atoms with Crippen LogP contribution in [0, 0.1) is 23.2 Å². The summed E-state index contributed by atoms with van der Waals surface area (Å²) in [7, 11) is 1.87. The molecule has 4 aliphatic carbocycles. The van der Waals surface area contributed by atoms with Gasteiger partial charge >= 0.3 is 5.97 Å². The Hall–Kier alpha value is -1.10. The zero-order chi connectivity index (χ0) is 16.2. The second-order valence-electron chi connectivity index (χ2n) is 8.64. The highest BCUT2D eigenvalue weighted by Crippen LogP contribution is 2.60. The topological polar surface area (TPSA) is 66.8 Å². The summed E-state index contributed by atoms with van der Waals surface area (Å²) in [5.74, 6) is 1.66. The first kappa shape index (κ1) is 15.4. The molecule has 1 aliphatic heterocycles. The Morgan fingerprint density at radius 3 is 2.04 bits per heavy atom. The lowest BCUT2D eigenvalue weighted by atomic mass is 9.49. The largest absolute Gasteiger partial charge is 0.479 e. The zero-order valence-electron chi connectivity index (χ0n) is 13.9. The highest BCUT2D eigenvalue weighted by Gasteiger charge is 2.51. The molecule has 5 aliphatic rings. The lowest BCUT2D eigenvalue weighted by Gasteiger charge is -2.57. The molecule has 4 bridgehead atoms. The molecule has 0 aromatic carbocycles. The fraction of sp³-hybridized carbons (Fsp3) is 0.889. The minimum Gasteiger partial charge on any atom is -0.479 e. The zero-order valence-corrected chi connectivity index (χ0v) is 13.9. The first-order valence-corrected chi connectivity index (χ1v) is 9.07. The summed E-state index contributed by atoms with van der Waals surface area (Å²) in [6, 6.07) is 0. The van der Waals surface area contributed by atoms with E-state index in [1.54, 1.807) is 0 Å². The van der Waals surface area contributed by atoms with Crippen molar-refractivity contribution in [1.29, 1.82) is 0 Å². The van der Waals surface area contributed by atoms with Gasteiger partial charge < -0.3 is 14.7 Å². The maximum absolute atomic E-state index is 12.6. The van der Waals surface area contributed by atoms with Gasteiger partial charge in [-0.05, 0) is 74.5 Å². The number of carbonyl (C=O) groups excluding carboxylic acids is 1. The third-order valence-corrected chi connectivity index (χ3v) is 6.68. The smallest absolute Gasteiger partial charge is 0.332 e. The predicted molar refractivity (Wildman–Crippen MR) is 83.8 cm³/mol. The van der Waals surface area contributed by atoms with Gasteiger partial charge in [-0.2, -0.15) is 0 Å². The Bertz CT molecular complexity index is 482. The quantitative estimate of drug-likeness (QED) is 0.863. The van der Waals surface area contributed by atoms with Gasteiger partial charge in [0.2, 0.25) is 0 Å². The van der Waals surface area contributed by atoms with Gasteiger partial charge in [0, 0.05) is 13.6 Å². The molecule has 5 heteroatoms. The van der Waals surface area contributed by atoms with E-state index < -0.39 is 18.2 Å². The number of likely N-dealkylation sites (N-methyl/N-ethyl adjacent to an activating group) is 1. The molecule has 5 fully saturated rings. The maximum atomic E-state index is 12.6. The van der Waals surface area contributed by atoms with Crippen molar-refractivity contribution in [3.05, 3.63) is 0 Å². The number of carboxylic acids is 1. The minimum atomic E-state index is -0.955. The van der Waals surface area contributed by atoms with Crippen molar-refractivity contribution in [3.63, 3.8) is 0 Å². The standard InChI is InChI=1S/C18H27NO4/c1-19(16(20)14-2-3-15(23-14)17(21)22)10-18-7-11-4-12(8-18)6-13(5-11)9-18/h11-15H,2-10H2,1H3,(H,21,22)/t11?,12?,13?,14-,15+,18?/m0/s1. The van der Waals surface area contributed by atoms with E-state index in [4.69, 9.17) is 9.84 Å². The summed E-state index contributed by atoms with van der Waals surface area (Å²) in [5, 5.41) is 9.01. The molecule has 1 saturated heterocycles. The first-order chi connectivity index (χ1) is 10.9. The van der Waals surface area contributed by atoms with Gasteiger partial charge in [-0.3, -0.25) is 4.79 Å². The van der Waals surface area contributed by atoms with Crippen molar-refractivity contribution < 1.29 is 19.4 Å². The molecule has 5 nitrogen and oxygen atoms in total. The maximum Gasteiger partial charge on any atom is 0.332 e. The highest BCUT2D eigenvalue weighted by atomic mass is 16.5. The molecule has 4 saturated carbocycles. The lowest BCUT2D eigenvalue weighted by Crippen LogP contribution is -2.52. The highest BCUT2D eigenvalue weighted by molar-refractivity contribution is 5.82. The summed E-state index contributed by atoms with van der Waals surface area (Å²) in [4.78, 5) is 25.5. The van der Waals surface area contributed by atoms with Crippen LogP contribution in [0.25, 0.3) is 0 Å². The van der Waals surface area contributed by atoms with Crippen LogP contribution < -0.4 is 0 Å². The molecule has 1 amide bonds. The van der Waals surface area contributed by atoms with E-state index in [1.807, 2.05) is 11.9 Å². The number of rotatable bonds is 4. The third kappa shape index (κ3) is 2.77. The molecular weight excluding hydrogens is 294 g/mol. The van der Waals surface area contributed by atoms with Crippen LogP contribution in [0.3, 0.4) is 0 Å². The van der Waals surface area contributed by atoms with Crippen LogP contribution in [0.4, 0.5) is 0 Å². The molecule has 0 radical (unpaired) electrons. The monoisotopic (exact) mass is 321 g/mol. The fourth-order valence-electron chi connectivity index (χ4n) is 6.31. The summed E-state index contributed by atoms with van der Waals surface area (Å²) in [5.41, 5.74) is 0.323.